The number of rotatable bonds is 80. The molecule has 0 bridgehead atoms. The Hall–Kier alpha value is -1.94. The number of hydrogen-bond acceptors (Lipinski definition) is 15. The summed E-state index contributed by atoms with van der Waals surface area (Å²) < 4.78 is 68.7. The molecule has 0 aromatic rings. The minimum Gasteiger partial charge on any atom is -0.462 e. The summed E-state index contributed by atoms with van der Waals surface area (Å²) in [6.45, 7) is 9.61. The SMILES string of the molecule is CCCCCCCCCCCCCCCCCCCCCC(=O)OC[C@H](COP(=O)(O)OC[C@@H](O)COP(=O)(O)OC[C@@H](COC(=O)CCCCCCCCCC(C)C)OC(=O)CCCCCCCCCCCCCC)OC(=O)CCCCCCCCCCCCCCCCCCC(C)C. The van der Waals surface area contributed by atoms with Gasteiger partial charge in [0.1, 0.15) is 19.3 Å². The van der Waals surface area contributed by atoms with Crippen LogP contribution >= 0.6 is 15.6 Å². The molecule has 100 heavy (non-hydrogen) atoms. The van der Waals surface area contributed by atoms with Gasteiger partial charge in [0.15, 0.2) is 12.2 Å². The number of aliphatic hydroxyl groups excluding tert-OH is 1. The molecule has 5 atom stereocenters. The number of ether oxygens (including phenoxy) is 4. The van der Waals surface area contributed by atoms with Crippen molar-refractivity contribution in [2.75, 3.05) is 39.6 Å². The quantitative estimate of drug-likeness (QED) is 0.0222. The summed E-state index contributed by atoms with van der Waals surface area (Å²) in [7, 11) is -9.92. The summed E-state index contributed by atoms with van der Waals surface area (Å²) in [6, 6.07) is 0. The molecule has 0 rings (SSSR count). The van der Waals surface area contributed by atoms with Crippen LogP contribution in [-0.2, 0) is 65.4 Å². The van der Waals surface area contributed by atoms with E-state index in [2.05, 4.69) is 41.5 Å². The molecule has 0 aliphatic rings. The number of esters is 4. The highest BCUT2D eigenvalue weighted by molar-refractivity contribution is 7.47. The predicted molar refractivity (Wildman–Crippen MR) is 409 cm³/mol. The van der Waals surface area contributed by atoms with Crippen molar-refractivity contribution in [3.63, 3.8) is 0 Å². The van der Waals surface area contributed by atoms with Crippen molar-refractivity contribution < 1.29 is 80.2 Å². The van der Waals surface area contributed by atoms with E-state index in [0.717, 1.165) is 102 Å². The predicted octanol–water partition coefficient (Wildman–Crippen LogP) is 24.3. The molecule has 0 fully saturated rings. The fraction of sp³-hybridized carbons (Fsp3) is 0.951. The van der Waals surface area contributed by atoms with Gasteiger partial charge in [0.25, 0.3) is 0 Å². The van der Waals surface area contributed by atoms with Gasteiger partial charge in [0.05, 0.1) is 26.4 Å². The number of aliphatic hydroxyl groups is 1. The zero-order valence-electron chi connectivity index (χ0n) is 65.5. The second kappa shape index (κ2) is 72.6. The zero-order chi connectivity index (χ0) is 73.5. The summed E-state index contributed by atoms with van der Waals surface area (Å²) in [4.78, 5) is 73.0. The lowest BCUT2D eigenvalue weighted by Gasteiger charge is -2.21. The van der Waals surface area contributed by atoms with Crippen molar-refractivity contribution in [3.05, 3.63) is 0 Å². The molecule has 0 aromatic carbocycles. The monoisotopic (exact) mass is 1470 g/mol. The topological polar surface area (TPSA) is 237 Å². The fourth-order valence-corrected chi connectivity index (χ4v) is 14.1. The van der Waals surface area contributed by atoms with Crippen LogP contribution in [0, 0.1) is 11.8 Å². The van der Waals surface area contributed by atoms with E-state index in [1.54, 1.807) is 0 Å². The maximum atomic E-state index is 13.1. The van der Waals surface area contributed by atoms with Crippen LogP contribution in [0.1, 0.15) is 427 Å². The van der Waals surface area contributed by atoms with Crippen molar-refractivity contribution >= 4 is 39.5 Å². The average Bonchev–Trinajstić information content (AvgIpc) is 1.08. The van der Waals surface area contributed by atoms with Crippen LogP contribution in [0.2, 0.25) is 0 Å². The van der Waals surface area contributed by atoms with E-state index in [1.165, 1.54) is 238 Å². The lowest BCUT2D eigenvalue weighted by atomic mass is 10.0. The van der Waals surface area contributed by atoms with Gasteiger partial charge in [-0.05, 0) is 37.5 Å². The van der Waals surface area contributed by atoms with E-state index in [9.17, 15) is 43.2 Å². The Kier molecular flexibility index (Phi) is 71.2. The zero-order valence-corrected chi connectivity index (χ0v) is 67.3. The number of phosphoric ester groups is 2. The van der Waals surface area contributed by atoms with Crippen LogP contribution in [0.15, 0.2) is 0 Å². The van der Waals surface area contributed by atoms with Crippen LogP contribution in [-0.4, -0.2) is 96.7 Å². The first kappa shape index (κ1) is 98.1. The molecule has 0 radical (unpaired) electrons. The van der Waals surface area contributed by atoms with Crippen molar-refractivity contribution in [1.82, 2.24) is 0 Å². The molecule has 17 nitrogen and oxygen atoms in total. The Bertz CT molecular complexity index is 1920. The van der Waals surface area contributed by atoms with Crippen LogP contribution in [0.5, 0.6) is 0 Å². The lowest BCUT2D eigenvalue weighted by molar-refractivity contribution is -0.161. The summed E-state index contributed by atoms with van der Waals surface area (Å²) in [5, 5.41) is 10.6. The Balaban J connectivity index is 5.22. The van der Waals surface area contributed by atoms with Crippen LogP contribution < -0.4 is 0 Å². The molecule has 19 heteroatoms. The van der Waals surface area contributed by atoms with Crippen molar-refractivity contribution in [1.29, 1.82) is 0 Å². The third-order valence-corrected chi connectivity index (χ3v) is 20.9. The summed E-state index contributed by atoms with van der Waals surface area (Å²) >= 11 is 0. The van der Waals surface area contributed by atoms with Gasteiger partial charge in [-0.25, -0.2) is 9.13 Å². The number of phosphoric acid groups is 2. The Morgan fingerprint density at radius 1 is 0.270 bits per heavy atom. The van der Waals surface area contributed by atoms with Gasteiger partial charge in [-0.15, -0.1) is 0 Å². The van der Waals surface area contributed by atoms with Crippen molar-refractivity contribution in [2.24, 2.45) is 11.8 Å². The summed E-state index contributed by atoms with van der Waals surface area (Å²) in [5.41, 5.74) is 0. The lowest BCUT2D eigenvalue weighted by Crippen LogP contribution is -2.30. The standard InChI is InChI=1S/C81H158O17P2/c1-7-9-11-13-15-17-19-21-22-23-24-25-29-32-36-39-45-51-57-63-78(83)91-69-76(97-81(86)66-60-54-47-41-37-33-30-27-26-28-31-34-38-43-49-55-61-73(3)4)71-95-99(87,88)93-67-75(82)68-94-100(89,90)96-72-77(70-92-79(84)64-58-52-48-42-44-50-56-62-74(5)6)98-80(85)65-59-53-46-40-35-20-18-16-14-12-10-8-2/h73-77,82H,7-72H2,1-6H3,(H,87,88)(H,89,90)/t75-,76-,77-/m1/s1. The first-order valence-corrected chi connectivity index (χ1v) is 45.0. The molecular formula is C81H158O17P2. The van der Waals surface area contributed by atoms with Gasteiger partial charge in [-0.1, -0.05) is 375 Å². The molecule has 0 aromatic heterocycles. The highest BCUT2D eigenvalue weighted by Gasteiger charge is 2.30. The second-order valence-corrected chi connectivity index (χ2v) is 33.0. The van der Waals surface area contributed by atoms with E-state index in [1.807, 2.05) is 0 Å². The van der Waals surface area contributed by atoms with Gasteiger partial charge >= 0.3 is 39.5 Å². The molecule has 0 aliphatic heterocycles. The molecule has 0 aliphatic carbocycles. The minimum absolute atomic E-state index is 0.107. The smallest absolute Gasteiger partial charge is 0.462 e. The molecule has 0 saturated heterocycles. The van der Waals surface area contributed by atoms with Crippen LogP contribution in [0.25, 0.3) is 0 Å². The minimum atomic E-state index is -4.96. The van der Waals surface area contributed by atoms with Gasteiger partial charge in [-0.2, -0.15) is 0 Å². The molecule has 0 amide bonds. The number of carbonyl (C=O) groups is 4. The number of unbranched alkanes of at least 4 members (excludes halogenated alkanes) is 50. The molecular weight excluding hydrogens is 1310 g/mol. The highest BCUT2D eigenvalue weighted by Crippen LogP contribution is 2.45. The van der Waals surface area contributed by atoms with E-state index in [0.29, 0.717) is 31.6 Å². The number of hydrogen-bond donors (Lipinski definition) is 3. The van der Waals surface area contributed by atoms with Crippen LogP contribution in [0.4, 0.5) is 0 Å². The maximum absolute atomic E-state index is 13.1. The Labute approximate surface area is 613 Å². The summed E-state index contributed by atoms with van der Waals surface area (Å²) in [5.74, 6) is -0.595. The van der Waals surface area contributed by atoms with Crippen molar-refractivity contribution in [2.45, 2.75) is 445 Å². The largest absolute Gasteiger partial charge is 0.472 e. The van der Waals surface area contributed by atoms with Gasteiger partial charge in [0.2, 0.25) is 0 Å². The first-order valence-electron chi connectivity index (χ1n) is 42.0. The van der Waals surface area contributed by atoms with E-state index in [-0.39, 0.29) is 25.7 Å². The van der Waals surface area contributed by atoms with Gasteiger partial charge < -0.3 is 33.8 Å². The molecule has 594 valence electrons. The normalized spacial score (nSPS) is 13.9. The highest BCUT2D eigenvalue weighted by atomic mass is 31.2. The molecule has 2 unspecified atom stereocenters. The van der Waals surface area contributed by atoms with Gasteiger partial charge in [-0.3, -0.25) is 37.3 Å². The van der Waals surface area contributed by atoms with E-state index >= 15 is 0 Å². The van der Waals surface area contributed by atoms with E-state index in [4.69, 9.17) is 37.0 Å². The third-order valence-electron chi connectivity index (χ3n) is 19.0. The van der Waals surface area contributed by atoms with Gasteiger partial charge in [0, 0.05) is 25.7 Å². The maximum Gasteiger partial charge on any atom is 0.472 e. The van der Waals surface area contributed by atoms with E-state index < -0.39 is 97.5 Å². The van der Waals surface area contributed by atoms with Crippen molar-refractivity contribution in [3.8, 4) is 0 Å². The third kappa shape index (κ3) is 74.3. The molecule has 3 N–H and O–H groups in total. The molecule has 0 heterocycles. The fourth-order valence-electron chi connectivity index (χ4n) is 12.5. The average molecular weight is 1470 g/mol. The first-order chi connectivity index (χ1) is 48.4. The Morgan fingerprint density at radius 3 is 0.680 bits per heavy atom. The molecule has 0 spiro atoms. The second-order valence-electron chi connectivity index (χ2n) is 30.1. The summed E-state index contributed by atoms with van der Waals surface area (Å²) in [6.07, 6.45) is 62.6. The Morgan fingerprint density at radius 2 is 0.460 bits per heavy atom. The number of carbonyl (C=O) groups excluding carboxylic acids is 4. The van der Waals surface area contributed by atoms with Crippen LogP contribution in [0.3, 0.4) is 0 Å². The molecule has 0 saturated carbocycles.